The lowest BCUT2D eigenvalue weighted by Gasteiger charge is -2.21. The largest absolute Gasteiger partial charge is 0.344 e. The monoisotopic (exact) mass is 1290 g/mol. The Labute approximate surface area is 582 Å². The lowest BCUT2D eigenvalue weighted by Crippen LogP contribution is -2.14. The van der Waals surface area contributed by atoms with E-state index in [1.807, 2.05) is 0 Å². The van der Waals surface area contributed by atoms with Gasteiger partial charge in [0.15, 0.2) is 0 Å². The predicted octanol–water partition coefficient (Wildman–Crippen LogP) is 24.7. The van der Waals surface area contributed by atoms with Crippen molar-refractivity contribution in [2.45, 2.75) is 38.5 Å². The molecule has 5 heterocycles. The number of aromatic nitrogens is 5. The van der Waals surface area contributed by atoms with Crippen molar-refractivity contribution in [2.24, 2.45) is 35.2 Å². The van der Waals surface area contributed by atoms with E-state index in [0.717, 1.165) is 0 Å². The SMILES string of the molecule is Cn1c2ccccc2c2c3ccccc3ccc21.Cn1c2ccccc2c2cc3c(cc21)-c1ccccc1C3(C)C.Cn1c2ccccc2c2cc3c(cc21)C(C)(C)c1ccccc1-3.Cn1c2ccccc2c2cc3ccccc3cc21.Cn1c2ccccc2c2ccc3ccccc3c21. The third-order valence-electron chi connectivity index (χ3n) is 22.6. The Kier molecular flexibility index (Phi) is 14.0. The van der Waals surface area contributed by atoms with Crippen molar-refractivity contribution in [3.05, 3.63) is 326 Å². The van der Waals surface area contributed by atoms with Crippen LogP contribution in [0.15, 0.2) is 303 Å². The first-order chi connectivity index (χ1) is 48.7. The van der Waals surface area contributed by atoms with Crippen molar-refractivity contribution in [2.75, 3.05) is 0 Å². The molecule has 0 unspecified atom stereocenters. The lowest BCUT2D eigenvalue weighted by atomic mass is 9.82. The standard InChI is InChI=1S/2C22H19N.3C17H13N/c1-22(2)18-10-6-4-8-14(18)16-13-21-17(12-19(16)22)15-9-5-7-11-20(15)23(21)3;1-22(2)18-10-6-4-8-14(18)16-12-17-15-9-5-7-11-20(15)23(3)21(17)13-19(16)22;1-18-16-9-5-4-8-14(16)15-10-12-6-2-3-7-13(12)11-17(15)18;1-18-16-9-5-4-8-14(16)15-11-10-12-6-2-3-7-13(12)17(15)18;1-18-15-9-5-4-8-14(15)17-13-7-3-2-6-12(13)10-11-16(17)18/h2*4-13H,1-3H3;3*2-11H,1H3. The summed E-state index contributed by atoms with van der Waals surface area (Å²) in [6.45, 7) is 9.36. The molecule has 0 saturated heterocycles. The molecule has 0 bridgehead atoms. The second-order valence-electron chi connectivity index (χ2n) is 28.6. The second-order valence-corrected chi connectivity index (χ2v) is 28.6. The molecule has 2 aliphatic carbocycles. The molecule has 15 aromatic carbocycles. The van der Waals surface area contributed by atoms with E-state index in [9.17, 15) is 0 Å². The maximum atomic E-state index is 2.42. The second kappa shape index (κ2) is 23.1. The lowest BCUT2D eigenvalue weighted by molar-refractivity contribution is 0.661. The van der Waals surface area contributed by atoms with Crippen LogP contribution in [0, 0.1) is 0 Å². The summed E-state index contributed by atoms with van der Waals surface area (Å²) in [6, 6.07) is 110. The Balaban J connectivity index is 0.0000000905. The van der Waals surface area contributed by atoms with Crippen molar-refractivity contribution in [3.8, 4) is 22.3 Å². The van der Waals surface area contributed by atoms with Gasteiger partial charge in [0.1, 0.15) is 0 Å². The van der Waals surface area contributed by atoms with Gasteiger partial charge in [0, 0.05) is 155 Å². The zero-order valence-electron chi connectivity index (χ0n) is 58.1. The van der Waals surface area contributed by atoms with Crippen LogP contribution in [-0.4, -0.2) is 22.8 Å². The zero-order valence-corrected chi connectivity index (χ0v) is 58.1. The summed E-state index contributed by atoms with van der Waals surface area (Å²) in [6.07, 6.45) is 0. The number of fused-ring (bicyclic) bond motifs is 26. The molecule has 5 heteroatoms. The molecule has 0 fully saturated rings. The Morgan fingerprint density at radius 2 is 0.540 bits per heavy atom. The number of rotatable bonds is 0. The molecule has 0 amide bonds. The maximum Gasteiger partial charge on any atom is 0.0568 e. The van der Waals surface area contributed by atoms with Gasteiger partial charge in [-0.25, -0.2) is 0 Å². The van der Waals surface area contributed by atoms with Gasteiger partial charge in [-0.1, -0.05) is 258 Å². The molecule has 0 atom stereocenters. The highest BCUT2D eigenvalue weighted by Gasteiger charge is 2.37. The molecular weight excluding hydrogens is 1210 g/mol. The van der Waals surface area contributed by atoms with Crippen LogP contribution in [-0.2, 0) is 46.1 Å². The maximum absolute atomic E-state index is 2.42. The van der Waals surface area contributed by atoms with Gasteiger partial charge in [0.05, 0.1) is 5.52 Å². The molecule has 5 nitrogen and oxygen atoms in total. The number of nitrogens with zero attached hydrogens (tertiary/aromatic N) is 5. The molecule has 20 aromatic rings. The van der Waals surface area contributed by atoms with Crippen LogP contribution in [0.1, 0.15) is 49.9 Å². The van der Waals surface area contributed by atoms with Crippen molar-refractivity contribution in [3.63, 3.8) is 0 Å². The predicted molar refractivity (Wildman–Crippen MR) is 430 cm³/mol. The average molecular weight is 1290 g/mol. The number of benzene rings is 15. The summed E-state index contributed by atoms with van der Waals surface area (Å²) >= 11 is 0. The fraction of sp³-hybridized carbons (Fsp3) is 0.116. The molecule has 0 saturated carbocycles. The van der Waals surface area contributed by atoms with E-state index < -0.39 is 0 Å². The number of para-hydroxylation sites is 5. The van der Waals surface area contributed by atoms with E-state index in [1.54, 1.807) is 0 Å². The normalized spacial score (nSPS) is 13.2. The van der Waals surface area contributed by atoms with Gasteiger partial charge >= 0.3 is 0 Å². The third kappa shape index (κ3) is 9.21. The van der Waals surface area contributed by atoms with Crippen molar-refractivity contribution >= 4 is 141 Å². The first-order valence-corrected chi connectivity index (χ1v) is 35.0. The van der Waals surface area contributed by atoms with E-state index in [-0.39, 0.29) is 10.8 Å². The first kappa shape index (κ1) is 60.5. The molecule has 2 aliphatic rings. The summed E-state index contributed by atoms with van der Waals surface area (Å²) in [5, 5.41) is 21.3. The molecule has 22 rings (SSSR count). The molecule has 0 radical (unpaired) electrons. The van der Waals surface area contributed by atoms with Crippen LogP contribution in [0.2, 0.25) is 0 Å². The molecule has 5 aromatic heterocycles. The Hall–Kier alpha value is -11.9. The van der Waals surface area contributed by atoms with E-state index in [2.05, 4.69) is 389 Å². The van der Waals surface area contributed by atoms with Gasteiger partial charge in [-0.05, 0) is 144 Å². The molecule has 100 heavy (non-hydrogen) atoms. The van der Waals surface area contributed by atoms with Crippen LogP contribution in [0.5, 0.6) is 0 Å². The van der Waals surface area contributed by atoms with Crippen molar-refractivity contribution in [1.82, 2.24) is 22.8 Å². The fourth-order valence-corrected chi connectivity index (χ4v) is 17.4. The van der Waals surface area contributed by atoms with E-state index in [1.165, 1.54) is 186 Å². The first-order valence-electron chi connectivity index (χ1n) is 35.0. The highest BCUT2D eigenvalue weighted by Crippen LogP contribution is 2.52. The number of hydrogen-bond acceptors (Lipinski definition) is 0. The zero-order chi connectivity index (χ0) is 67.9. The summed E-state index contributed by atoms with van der Waals surface area (Å²) in [4.78, 5) is 0. The number of hydrogen-bond donors (Lipinski definition) is 0. The van der Waals surface area contributed by atoms with Gasteiger partial charge in [-0.15, -0.1) is 0 Å². The van der Waals surface area contributed by atoms with Crippen LogP contribution < -0.4 is 0 Å². The van der Waals surface area contributed by atoms with Crippen molar-refractivity contribution < 1.29 is 0 Å². The summed E-state index contributed by atoms with van der Waals surface area (Å²) in [7, 11) is 10.8. The minimum atomic E-state index is 0.0660. The summed E-state index contributed by atoms with van der Waals surface area (Å²) in [5.74, 6) is 0. The van der Waals surface area contributed by atoms with Crippen LogP contribution in [0.3, 0.4) is 0 Å². The molecule has 0 spiro atoms. The van der Waals surface area contributed by atoms with Gasteiger partial charge in [-0.2, -0.15) is 0 Å². The Morgan fingerprint density at radius 1 is 0.190 bits per heavy atom. The minimum absolute atomic E-state index is 0.0660. The molecule has 482 valence electrons. The molecule has 0 N–H and O–H groups in total. The third-order valence-corrected chi connectivity index (χ3v) is 22.6. The molecular formula is C95H77N5. The smallest absolute Gasteiger partial charge is 0.0568 e. The molecule has 0 aliphatic heterocycles. The quantitative estimate of drug-likeness (QED) is 0.145. The van der Waals surface area contributed by atoms with Gasteiger partial charge in [-0.3, -0.25) is 0 Å². The van der Waals surface area contributed by atoms with E-state index in [0.29, 0.717) is 0 Å². The highest BCUT2D eigenvalue weighted by atomic mass is 15.0. The average Bonchev–Trinajstić information content (AvgIpc) is 1.57. The minimum Gasteiger partial charge on any atom is -0.344 e. The van der Waals surface area contributed by atoms with E-state index in [4.69, 9.17) is 0 Å². The van der Waals surface area contributed by atoms with Crippen molar-refractivity contribution in [1.29, 1.82) is 0 Å². The van der Waals surface area contributed by atoms with Crippen LogP contribution >= 0.6 is 0 Å². The van der Waals surface area contributed by atoms with Gasteiger partial charge < -0.3 is 22.8 Å². The van der Waals surface area contributed by atoms with Gasteiger partial charge in [0.25, 0.3) is 0 Å². The van der Waals surface area contributed by atoms with E-state index >= 15 is 0 Å². The highest BCUT2D eigenvalue weighted by molar-refractivity contribution is 6.21. The van der Waals surface area contributed by atoms with Gasteiger partial charge in [0.2, 0.25) is 0 Å². The fourth-order valence-electron chi connectivity index (χ4n) is 17.4. The number of aryl methyl sites for hydroxylation is 5. The van der Waals surface area contributed by atoms with Crippen LogP contribution in [0.25, 0.3) is 164 Å². The summed E-state index contributed by atoms with van der Waals surface area (Å²) in [5.41, 5.74) is 24.5. The summed E-state index contributed by atoms with van der Waals surface area (Å²) < 4.78 is 11.5. The Morgan fingerprint density at radius 3 is 1.10 bits per heavy atom. The van der Waals surface area contributed by atoms with Crippen LogP contribution in [0.4, 0.5) is 0 Å². The Bertz CT molecular complexity index is 6690. The topological polar surface area (TPSA) is 24.6 Å².